The highest BCUT2D eigenvalue weighted by molar-refractivity contribution is 5.23. The molecule has 1 aromatic carbocycles. The topological polar surface area (TPSA) is 38.0 Å². The Kier molecular flexibility index (Phi) is 3.82. The molecule has 1 aromatic heterocycles. The lowest BCUT2D eigenvalue weighted by molar-refractivity contribution is 0.0299. The van der Waals surface area contributed by atoms with Gasteiger partial charge in [-0.15, -0.1) is 0 Å². The lowest BCUT2D eigenvalue weighted by Crippen LogP contribution is -2.29. The molecule has 1 heterocycles. The largest absolute Gasteiger partial charge is 0.385 e. The highest BCUT2D eigenvalue weighted by atomic mass is 16.3. The number of hydrogen-bond donors (Lipinski definition) is 1. The summed E-state index contributed by atoms with van der Waals surface area (Å²) in [6, 6.07) is 9.84. The maximum Gasteiger partial charge on any atom is 0.111 e. The van der Waals surface area contributed by atoms with Gasteiger partial charge in [-0.25, -0.2) is 4.98 Å². The third kappa shape index (κ3) is 2.46. The number of benzene rings is 1. The van der Waals surface area contributed by atoms with Crippen molar-refractivity contribution in [2.75, 3.05) is 0 Å². The molecule has 0 aliphatic carbocycles. The first-order chi connectivity index (χ1) is 8.69. The third-order valence-corrected chi connectivity index (χ3v) is 3.49. The van der Waals surface area contributed by atoms with Crippen molar-refractivity contribution in [2.45, 2.75) is 38.8 Å². The van der Waals surface area contributed by atoms with Gasteiger partial charge < -0.3 is 9.67 Å². The Morgan fingerprint density at radius 3 is 2.56 bits per heavy atom. The first-order valence-electron chi connectivity index (χ1n) is 6.47. The van der Waals surface area contributed by atoms with E-state index in [-0.39, 0.29) is 0 Å². The molecule has 2 aromatic rings. The van der Waals surface area contributed by atoms with Gasteiger partial charge >= 0.3 is 0 Å². The third-order valence-electron chi connectivity index (χ3n) is 3.49. The summed E-state index contributed by atoms with van der Waals surface area (Å²) in [4.78, 5) is 4.35. The Morgan fingerprint density at radius 2 is 1.94 bits per heavy atom. The van der Waals surface area contributed by atoms with Crippen molar-refractivity contribution < 1.29 is 5.11 Å². The standard InChI is InChI=1S/C15H20N2O/c1-3-15(18,13-8-6-5-7-9-13)12-14-16-10-11-17(14)4-2/h5-11,18H,3-4,12H2,1-2H3. The predicted molar refractivity (Wildman–Crippen MR) is 72.2 cm³/mol. The summed E-state index contributed by atoms with van der Waals surface area (Å²) in [6.45, 7) is 4.97. The molecule has 0 amide bonds. The van der Waals surface area contributed by atoms with E-state index < -0.39 is 5.60 Å². The molecule has 96 valence electrons. The lowest BCUT2D eigenvalue weighted by atomic mass is 9.87. The molecule has 0 aliphatic heterocycles. The molecule has 1 atom stereocenters. The number of rotatable bonds is 5. The van der Waals surface area contributed by atoms with Crippen molar-refractivity contribution in [2.24, 2.45) is 0 Å². The minimum Gasteiger partial charge on any atom is -0.385 e. The zero-order chi connectivity index (χ0) is 13.0. The summed E-state index contributed by atoms with van der Waals surface area (Å²) in [5, 5.41) is 10.8. The quantitative estimate of drug-likeness (QED) is 0.878. The second-order valence-corrected chi connectivity index (χ2v) is 4.56. The summed E-state index contributed by atoms with van der Waals surface area (Å²) >= 11 is 0. The average Bonchev–Trinajstić information content (AvgIpc) is 2.86. The van der Waals surface area contributed by atoms with E-state index in [0.29, 0.717) is 12.8 Å². The zero-order valence-electron chi connectivity index (χ0n) is 11.0. The normalized spacial score (nSPS) is 14.4. The smallest absolute Gasteiger partial charge is 0.111 e. The Labute approximate surface area is 108 Å². The lowest BCUT2D eigenvalue weighted by Gasteiger charge is -2.27. The summed E-state index contributed by atoms with van der Waals surface area (Å²) in [7, 11) is 0. The molecule has 1 N–H and O–H groups in total. The maximum atomic E-state index is 10.8. The molecule has 0 fully saturated rings. The highest BCUT2D eigenvalue weighted by Crippen LogP contribution is 2.28. The van der Waals surface area contributed by atoms with Gasteiger partial charge in [0.1, 0.15) is 5.82 Å². The summed E-state index contributed by atoms with van der Waals surface area (Å²) in [6.07, 6.45) is 4.97. The molecule has 0 saturated carbocycles. The van der Waals surface area contributed by atoms with Gasteiger partial charge in [0.05, 0.1) is 5.60 Å². The molecular weight excluding hydrogens is 224 g/mol. The fraction of sp³-hybridized carbons (Fsp3) is 0.400. The van der Waals surface area contributed by atoms with Crippen molar-refractivity contribution in [3.05, 3.63) is 54.1 Å². The molecule has 18 heavy (non-hydrogen) atoms. The van der Waals surface area contributed by atoms with Crippen LogP contribution in [0.3, 0.4) is 0 Å². The molecule has 3 heteroatoms. The van der Waals surface area contributed by atoms with Crippen LogP contribution < -0.4 is 0 Å². The summed E-state index contributed by atoms with van der Waals surface area (Å²) in [5.41, 5.74) is 0.123. The van der Waals surface area contributed by atoms with Gasteiger partial charge in [0.15, 0.2) is 0 Å². The van der Waals surface area contributed by atoms with Crippen molar-refractivity contribution in [3.63, 3.8) is 0 Å². The van der Waals surface area contributed by atoms with E-state index >= 15 is 0 Å². The van der Waals surface area contributed by atoms with Crippen LogP contribution in [0.4, 0.5) is 0 Å². The van der Waals surface area contributed by atoms with Crippen LogP contribution in [0.25, 0.3) is 0 Å². The number of aryl methyl sites for hydroxylation is 1. The Hall–Kier alpha value is -1.61. The number of nitrogens with zero attached hydrogens (tertiary/aromatic N) is 2. The zero-order valence-corrected chi connectivity index (χ0v) is 11.0. The van der Waals surface area contributed by atoms with Gasteiger partial charge in [-0.1, -0.05) is 37.3 Å². The van der Waals surface area contributed by atoms with E-state index in [0.717, 1.165) is 17.9 Å². The highest BCUT2D eigenvalue weighted by Gasteiger charge is 2.28. The number of hydrogen-bond acceptors (Lipinski definition) is 2. The molecule has 3 nitrogen and oxygen atoms in total. The molecule has 0 saturated heterocycles. The first kappa shape index (κ1) is 12.8. The van der Waals surface area contributed by atoms with Crippen molar-refractivity contribution in [3.8, 4) is 0 Å². The van der Waals surface area contributed by atoms with Gasteiger partial charge in [0, 0.05) is 25.4 Å². The number of aliphatic hydroxyl groups is 1. The van der Waals surface area contributed by atoms with Gasteiger partial charge in [-0.05, 0) is 18.9 Å². The van der Waals surface area contributed by atoms with E-state index in [2.05, 4.69) is 16.5 Å². The van der Waals surface area contributed by atoms with Gasteiger partial charge in [-0.2, -0.15) is 0 Å². The predicted octanol–water partition coefficient (Wildman–Crippen LogP) is 2.74. The second kappa shape index (κ2) is 5.36. The molecular formula is C15H20N2O. The van der Waals surface area contributed by atoms with Crippen LogP contribution in [0.1, 0.15) is 31.7 Å². The molecule has 0 aliphatic rings. The van der Waals surface area contributed by atoms with Crippen molar-refractivity contribution >= 4 is 0 Å². The summed E-state index contributed by atoms with van der Waals surface area (Å²) < 4.78 is 2.07. The minimum absolute atomic E-state index is 0.550. The number of aromatic nitrogens is 2. The van der Waals surface area contributed by atoms with Crippen LogP contribution in [0, 0.1) is 0 Å². The first-order valence-corrected chi connectivity index (χ1v) is 6.47. The van der Waals surface area contributed by atoms with Crippen LogP contribution >= 0.6 is 0 Å². The molecule has 1 unspecified atom stereocenters. The molecule has 0 radical (unpaired) electrons. The number of imidazole rings is 1. The fourth-order valence-corrected chi connectivity index (χ4v) is 2.24. The van der Waals surface area contributed by atoms with Gasteiger partial charge in [0.2, 0.25) is 0 Å². The second-order valence-electron chi connectivity index (χ2n) is 4.56. The van der Waals surface area contributed by atoms with Crippen LogP contribution in [-0.4, -0.2) is 14.7 Å². The van der Waals surface area contributed by atoms with Crippen LogP contribution in [-0.2, 0) is 18.6 Å². The monoisotopic (exact) mass is 244 g/mol. The Morgan fingerprint density at radius 1 is 1.22 bits per heavy atom. The fourth-order valence-electron chi connectivity index (χ4n) is 2.24. The van der Waals surface area contributed by atoms with Crippen molar-refractivity contribution in [1.29, 1.82) is 0 Å². The molecule has 2 rings (SSSR count). The van der Waals surface area contributed by atoms with Gasteiger partial charge in [0.25, 0.3) is 0 Å². The van der Waals surface area contributed by atoms with Crippen LogP contribution in [0.5, 0.6) is 0 Å². The Bertz CT molecular complexity index is 492. The van der Waals surface area contributed by atoms with Crippen LogP contribution in [0.15, 0.2) is 42.7 Å². The van der Waals surface area contributed by atoms with E-state index in [4.69, 9.17) is 0 Å². The van der Waals surface area contributed by atoms with Crippen LogP contribution in [0.2, 0.25) is 0 Å². The minimum atomic E-state index is -0.834. The van der Waals surface area contributed by atoms with Gasteiger partial charge in [-0.3, -0.25) is 0 Å². The van der Waals surface area contributed by atoms with E-state index in [1.807, 2.05) is 43.5 Å². The Balaban J connectivity index is 2.29. The van der Waals surface area contributed by atoms with Crippen molar-refractivity contribution in [1.82, 2.24) is 9.55 Å². The maximum absolute atomic E-state index is 10.8. The average molecular weight is 244 g/mol. The van der Waals surface area contributed by atoms with E-state index in [9.17, 15) is 5.11 Å². The SMILES string of the molecule is CCn1ccnc1CC(O)(CC)c1ccccc1. The molecule has 0 bridgehead atoms. The summed E-state index contributed by atoms with van der Waals surface area (Å²) in [5.74, 6) is 0.936. The van der Waals surface area contributed by atoms with E-state index in [1.54, 1.807) is 6.20 Å². The van der Waals surface area contributed by atoms with E-state index in [1.165, 1.54) is 0 Å². The molecule has 0 spiro atoms.